The van der Waals surface area contributed by atoms with E-state index in [-0.39, 0.29) is 27.9 Å². The highest BCUT2D eigenvalue weighted by molar-refractivity contribution is 8.00. The van der Waals surface area contributed by atoms with E-state index in [1.807, 2.05) is 0 Å². The average molecular weight is 468 g/mol. The molecule has 0 bridgehead atoms. The largest absolute Gasteiger partial charge is 0.478 e. The summed E-state index contributed by atoms with van der Waals surface area (Å²) in [7, 11) is 0. The zero-order chi connectivity index (χ0) is 22.4. The summed E-state index contributed by atoms with van der Waals surface area (Å²) in [6.45, 7) is 2.38. The van der Waals surface area contributed by atoms with E-state index < -0.39 is 29.2 Å². The molecule has 0 saturated carbocycles. The molecule has 0 aliphatic carbocycles. The number of carbonyl (C=O) groups excluding carboxylic acids is 3. The highest BCUT2D eigenvalue weighted by Crippen LogP contribution is 2.36. The van der Waals surface area contributed by atoms with Gasteiger partial charge in [-0.15, -0.1) is 23.1 Å². The second-order valence-corrected chi connectivity index (χ2v) is 8.60. The summed E-state index contributed by atoms with van der Waals surface area (Å²) in [6, 6.07) is -0.819. The van der Waals surface area contributed by atoms with Gasteiger partial charge in [-0.2, -0.15) is 0 Å². The second-order valence-electron chi connectivity index (χ2n) is 6.64. The molecule has 0 spiro atoms. The molecule has 1 unspecified atom stereocenters. The van der Waals surface area contributed by atoms with Gasteiger partial charge in [0.15, 0.2) is 10.8 Å². The molecule has 2 aliphatic heterocycles. The number of carboxylic acids is 1. The Morgan fingerprint density at radius 2 is 2.26 bits per heavy atom. The Morgan fingerprint density at radius 1 is 1.45 bits per heavy atom. The summed E-state index contributed by atoms with van der Waals surface area (Å²) in [6.07, 6.45) is 4.51. The first-order valence-corrected chi connectivity index (χ1v) is 11.4. The number of aromatic nitrogens is 1. The van der Waals surface area contributed by atoms with Gasteiger partial charge >= 0.3 is 5.97 Å². The van der Waals surface area contributed by atoms with Crippen molar-refractivity contribution in [3.05, 3.63) is 22.8 Å². The zero-order valence-corrected chi connectivity index (χ0v) is 18.2. The van der Waals surface area contributed by atoms with Crippen molar-refractivity contribution in [3.8, 4) is 0 Å². The number of thiazole rings is 1. The van der Waals surface area contributed by atoms with Crippen molar-refractivity contribution < 1.29 is 29.1 Å². The Hall–Kier alpha value is -2.93. The van der Waals surface area contributed by atoms with Crippen LogP contribution < -0.4 is 10.6 Å². The van der Waals surface area contributed by atoms with Crippen molar-refractivity contribution in [1.29, 1.82) is 0 Å². The average Bonchev–Trinajstić information content (AvgIpc) is 3.22. The molecule has 2 atom stereocenters. The first-order chi connectivity index (χ1) is 15.0. The van der Waals surface area contributed by atoms with Crippen molar-refractivity contribution in [3.63, 3.8) is 0 Å². The summed E-state index contributed by atoms with van der Waals surface area (Å²) >= 11 is 2.37. The van der Waals surface area contributed by atoms with Gasteiger partial charge in [-0.1, -0.05) is 24.9 Å². The van der Waals surface area contributed by atoms with Crippen LogP contribution in [0.5, 0.6) is 0 Å². The maximum absolute atomic E-state index is 12.9. The Labute approximate surface area is 185 Å². The number of rotatable bonds is 11. The fraction of sp³-hybridized carbons (Fsp3) is 0.444. The van der Waals surface area contributed by atoms with Crippen LogP contribution in [-0.4, -0.2) is 68.7 Å². The maximum atomic E-state index is 12.9. The number of amides is 3. The topological polar surface area (TPSA) is 150 Å². The van der Waals surface area contributed by atoms with Gasteiger partial charge in [0.25, 0.3) is 11.8 Å². The Balaban J connectivity index is 1.71. The number of anilines is 1. The van der Waals surface area contributed by atoms with Gasteiger partial charge in [0.1, 0.15) is 23.7 Å². The summed E-state index contributed by atoms with van der Waals surface area (Å²) < 4.78 is 0. The zero-order valence-electron chi connectivity index (χ0n) is 16.6. The van der Waals surface area contributed by atoms with Crippen LogP contribution in [0.4, 0.5) is 5.13 Å². The smallest absolute Gasteiger partial charge is 0.333 e. The van der Waals surface area contributed by atoms with Crippen LogP contribution >= 0.6 is 23.1 Å². The van der Waals surface area contributed by atoms with Crippen LogP contribution in [0.15, 0.2) is 22.3 Å². The summed E-state index contributed by atoms with van der Waals surface area (Å²) in [4.78, 5) is 57.7. The molecule has 2 aliphatic rings. The lowest BCUT2D eigenvalue weighted by Gasteiger charge is -2.46. The lowest BCUT2D eigenvalue weighted by molar-refractivity contribution is -0.144. The number of nitrogens with one attached hydrogen (secondary N) is 2. The normalized spacial score (nSPS) is 20.3. The lowest BCUT2D eigenvalue weighted by atomic mass is 10.1. The molecule has 0 radical (unpaired) electrons. The van der Waals surface area contributed by atoms with Crippen molar-refractivity contribution in [2.75, 3.05) is 17.7 Å². The van der Waals surface area contributed by atoms with Crippen LogP contribution in [0.2, 0.25) is 0 Å². The van der Waals surface area contributed by atoms with Crippen LogP contribution in [0, 0.1) is 0 Å². The van der Waals surface area contributed by atoms with Crippen molar-refractivity contribution in [1.82, 2.24) is 15.2 Å². The van der Waals surface area contributed by atoms with E-state index in [2.05, 4.69) is 27.7 Å². The molecule has 0 aromatic carbocycles. The van der Waals surface area contributed by atoms with Gasteiger partial charge in [-0.05, 0) is 6.42 Å². The Kier molecular flexibility index (Phi) is 7.63. The number of fused-ring (bicyclic) bond motifs is 1. The van der Waals surface area contributed by atoms with Crippen LogP contribution in [0.1, 0.15) is 31.9 Å². The highest BCUT2D eigenvalue weighted by Gasteiger charge is 2.50. The molecule has 31 heavy (non-hydrogen) atoms. The Morgan fingerprint density at radius 3 is 2.97 bits per heavy atom. The molecule has 3 amide bonds. The molecule has 1 saturated heterocycles. The number of thioether (sulfide) groups is 1. The SMILES string of the molecule is CCCCCON=C(C(=O)NC1C(=O)N2C=C(C(=O)O)CS[C@H]12)c1csc(NC=O)n1. The van der Waals surface area contributed by atoms with Crippen LogP contribution in [0.3, 0.4) is 0 Å². The number of unbranched alkanes of at least 4 members (excludes halogenated alkanes) is 2. The van der Waals surface area contributed by atoms with E-state index in [1.54, 1.807) is 5.38 Å². The number of hydrogen-bond acceptors (Lipinski definition) is 9. The fourth-order valence-corrected chi connectivity index (χ4v) is 4.78. The molecule has 3 N–H and O–H groups in total. The highest BCUT2D eigenvalue weighted by atomic mass is 32.2. The van der Waals surface area contributed by atoms with Crippen LogP contribution in [-0.2, 0) is 24.0 Å². The summed E-state index contributed by atoms with van der Waals surface area (Å²) in [5.41, 5.74) is 0.218. The summed E-state index contributed by atoms with van der Waals surface area (Å²) in [5.74, 6) is -1.91. The summed E-state index contributed by atoms with van der Waals surface area (Å²) in [5, 5.41) is 19.5. The number of carboxylic acid groups (broad SMARTS) is 1. The molecule has 1 fully saturated rings. The van der Waals surface area contributed by atoms with E-state index in [0.717, 1.165) is 30.6 Å². The van der Waals surface area contributed by atoms with E-state index in [0.29, 0.717) is 13.0 Å². The molecule has 1 aromatic heterocycles. The van der Waals surface area contributed by atoms with Gasteiger partial charge in [-0.25, -0.2) is 9.78 Å². The number of β-lactam (4-membered cyclic amide) rings is 1. The molecule has 3 rings (SSSR count). The van der Waals surface area contributed by atoms with Crippen LogP contribution in [0.25, 0.3) is 0 Å². The number of oxime groups is 1. The number of nitrogens with zero attached hydrogens (tertiary/aromatic N) is 3. The van der Waals surface area contributed by atoms with Gasteiger partial charge in [0.05, 0.1) is 5.57 Å². The van der Waals surface area contributed by atoms with Gasteiger partial charge < -0.3 is 25.5 Å². The minimum Gasteiger partial charge on any atom is -0.478 e. The lowest BCUT2D eigenvalue weighted by Crippen LogP contribution is -2.69. The molecular weight excluding hydrogens is 446 g/mol. The number of carbonyl (C=O) groups is 4. The van der Waals surface area contributed by atoms with Crippen molar-refractivity contribution >= 4 is 58.1 Å². The molecule has 11 nitrogen and oxygen atoms in total. The second kappa shape index (κ2) is 10.4. The quantitative estimate of drug-likeness (QED) is 0.143. The predicted molar refractivity (Wildman–Crippen MR) is 115 cm³/mol. The third-order valence-corrected chi connectivity index (χ3v) is 6.58. The molecule has 3 heterocycles. The van der Waals surface area contributed by atoms with E-state index in [1.165, 1.54) is 22.9 Å². The van der Waals surface area contributed by atoms with Crippen molar-refractivity contribution in [2.45, 2.75) is 37.6 Å². The van der Waals surface area contributed by atoms with Gasteiger partial charge in [0, 0.05) is 17.3 Å². The third-order valence-electron chi connectivity index (χ3n) is 4.48. The molecule has 166 valence electrons. The molecular formula is C18H21N5O6S2. The monoisotopic (exact) mass is 467 g/mol. The fourth-order valence-electron chi connectivity index (χ4n) is 2.87. The molecule has 13 heteroatoms. The van der Waals surface area contributed by atoms with E-state index >= 15 is 0 Å². The number of aliphatic carboxylic acids is 1. The maximum Gasteiger partial charge on any atom is 0.333 e. The Bertz CT molecular complexity index is 930. The van der Waals surface area contributed by atoms with E-state index in [4.69, 9.17) is 9.94 Å². The van der Waals surface area contributed by atoms with E-state index in [9.17, 15) is 19.2 Å². The molecule has 1 aromatic rings. The first kappa shape index (κ1) is 22.7. The minimum absolute atomic E-state index is 0.111. The predicted octanol–water partition coefficient (Wildman–Crippen LogP) is 0.991. The first-order valence-electron chi connectivity index (χ1n) is 9.51. The number of hydrogen-bond donors (Lipinski definition) is 3. The van der Waals surface area contributed by atoms with Gasteiger partial charge in [0.2, 0.25) is 6.41 Å². The minimum atomic E-state index is -1.08. The third kappa shape index (κ3) is 5.22. The van der Waals surface area contributed by atoms with Gasteiger partial charge in [-0.3, -0.25) is 14.4 Å². The standard InChI is InChI=1S/C18H21N5O6S2/c1-2-3-4-5-29-22-12(11-8-31-18(20-11)19-9-24)14(25)21-13-15(26)23-6-10(17(27)28)7-30-16(13)23/h6,8-9,13,16H,2-5,7H2,1H3,(H,21,25)(H,27,28)(H,19,20,24)/t13?,16-/m1/s1. The van der Waals surface area contributed by atoms with Crippen molar-refractivity contribution in [2.24, 2.45) is 5.16 Å².